The number of allylic oxidation sites excluding steroid dienone is 4. The minimum absolute atomic E-state index is 0.251. The second-order valence-electron chi connectivity index (χ2n) is 4.99. The summed E-state index contributed by atoms with van der Waals surface area (Å²) in [7, 11) is 0. The van der Waals surface area contributed by atoms with Gasteiger partial charge in [-0.05, 0) is 31.8 Å². The molecule has 112 valence electrons. The Bertz CT molecular complexity index is 622. The number of hydrogen-bond donors (Lipinski definition) is 2. The van der Waals surface area contributed by atoms with Gasteiger partial charge in [0, 0.05) is 16.4 Å². The first-order valence-corrected chi connectivity index (χ1v) is 8.36. The summed E-state index contributed by atoms with van der Waals surface area (Å²) in [6, 6.07) is 0. The van der Waals surface area contributed by atoms with E-state index >= 15 is 0 Å². The van der Waals surface area contributed by atoms with Gasteiger partial charge in [-0.1, -0.05) is 46.0 Å². The second-order valence-corrected chi connectivity index (χ2v) is 5.87. The van der Waals surface area contributed by atoms with Gasteiger partial charge in [0.05, 0.1) is 17.1 Å². The maximum absolute atomic E-state index is 9.34. The van der Waals surface area contributed by atoms with Crippen molar-refractivity contribution < 1.29 is 5.21 Å². The fraction of sp³-hybridized carbons (Fsp3) is 0.400. The third-order valence-corrected chi connectivity index (χ3v) is 4.18. The van der Waals surface area contributed by atoms with Gasteiger partial charge in [0.2, 0.25) is 5.95 Å². The molecule has 0 amide bonds. The Labute approximate surface area is 138 Å². The monoisotopic (exact) mass is 398 g/mol. The van der Waals surface area contributed by atoms with Crippen molar-refractivity contribution in [2.24, 2.45) is 11.1 Å². The van der Waals surface area contributed by atoms with E-state index in [9.17, 15) is 5.21 Å². The lowest BCUT2D eigenvalue weighted by Crippen LogP contribution is -2.25. The van der Waals surface area contributed by atoms with Gasteiger partial charge in [-0.25, -0.2) is 9.97 Å². The van der Waals surface area contributed by atoms with E-state index in [0.717, 1.165) is 27.8 Å². The number of fused-ring (bicyclic) bond motifs is 1. The number of hydrogen-bond acceptors (Lipinski definition) is 5. The van der Waals surface area contributed by atoms with Gasteiger partial charge < -0.3 is 10.9 Å². The fourth-order valence-corrected chi connectivity index (χ4v) is 3.05. The van der Waals surface area contributed by atoms with E-state index in [-0.39, 0.29) is 11.9 Å². The molecule has 1 atom stereocenters. The van der Waals surface area contributed by atoms with Crippen molar-refractivity contribution in [2.45, 2.75) is 26.7 Å². The van der Waals surface area contributed by atoms with Crippen LogP contribution in [0.3, 0.4) is 0 Å². The van der Waals surface area contributed by atoms with Crippen LogP contribution in [0.1, 0.15) is 30.3 Å². The first-order chi connectivity index (χ1) is 10.1. The second kappa shape index (κ2) is 7.02. The number of aryl methyl sites for hydroxylation is 1. The largest absolute Gasteiger partial charge is 0.411 e. The van der Waals surface area contributed by atoms with E-state index in [2.05, 4.69) is 55.9 Å². The Kier molecular flexibility index (Phi) is 5.33. The number of oxime groups is 1. The summed E-state index contributed by atoms with van der Waals surface area (Å²) in [6.45, 7) is 3.90. The topological polar surface area (TPSA) is 84.4 Å². The molecule has 0 saturated carbocycles. The Hall–Kier alpha value is -1.44. The van der Waals surface area contributed by atoms with Crippen molar-refractivity contribution in [3.05, 3.63) is 40.8 Å². The molecule has 0 radical (unpaired) electrons. The average Bonchev–Trinajstić information content (AvgIpc) is 2.46. The molecule has 1 heterocycles. The highest BCUT2D eigenvalue weighted by molar-refractivity contribution is 14.1. The van der Waals surface area contributed by atoms with Crippen LogP contribution in [0.25, 0.3) is 0 Å². The predicted molar refractivity (Wildman–Crippen MR) is 93.1 cm³/mol. The van der Waals surface area contributed by atoms with Crippen molar-refractivity contribution >= 4 is 34.3 Å². The van der Waals surface area contributed by atoms with Gasteiger partial charge in [-0.3, -0.25) is 0 Å². The van der Waals surface area contributed by atoms with Crippen LogP contribution in [0.2, 0.25) is 0 Å². The Balaban J connectivity index is 2.43. The van der Waals surface area contributed by atoms with Gasteiger partial charge in [-0.2, -0.15) is 0 Å². The van der Waals surface area contributed by atoms with E-state index in [1.165, 1.54) is 5.57 Å². The molecule has 21 heavy (non-hydrogen) atoms. The number of aromatic nitrogens is 2. The van der Waals surface area contributed by atoms with E-state index in [1.54, 1.807) is 0 Å². The molecular weight excluding hydrogens is 379 g/mol. The van der Waals surface area contributed by atoms with Crippen molar-refractivity contribution in [3.8, 4) is 0 Å². The quantitative estimate of drug-likeness (QED) is 0.270. The minimum Gasteiger partial charge on any atom is -0.411 e. The smallest absolute Gasteiger partial charge is 0.220 e. The molecular formula is C15H19IN4O. The molecule has 1 unspecified atom stereocenters. The summed E-state index contributed by atoms with van der Waals surface area (Å²) in [4.78, 5) is 8.51. The molecule has 0 saturated heterocycles. The van der Waals surface area contributed by atoms with Gasteiger partial charge in [0.25, 0.3) is 0 Å². The van der Waals surface area contributed by atoms with Crippen LogP contribution >= 0.6 is 22.6 Å². The number of halogens is 1. The zero-order valence-corrected chi connectivity index (χ0v) is 14.3. The number of rotatable bonds is 3. The number of nitrogens with two attached hydrogens (primary N) is 1. The van der Waals surface area contributed by atoms with Gasteiger partial charge >= 0.3 is 0 Å². The normalized spacial score (nSPS) is 21.0. The molecule has 0 spiro atoms. The summed E-state index contributed by atoms with van der Waals surface area (Å²) in [6.07, 6.45) is 7.83. The molecule has 0 bridgehead atoms. The molecule has 1 aliphatic rings. The Morgan fingerprint density at radius 3 is 2.86 bits per heavy atom. The van der Waals surface area contributed by atoms with Gasteiger partial charge in [0.15, 0.2) is 0 Å². The van der Waals surface area contributed by atoms with Crippen LogP contribution in [-0.4, -0.2) is 25.3 Å². The molecule has 0 aromatic carbocycles. The Morgan fingerprint density at radius 2 is 2.24 bits per heavy atom. The zero-order valence-electron chi connectivity index (χ0n) is 12.2. The summed E-state index contributed by atoms with van der Waals surface area (Å²) in [5.74, 6) is 0.523. The zero-order chi connectivity index (χ0) is 15.4. The maximum Gasteiger partial charge on any atom is 0.220 e. The van der Waals surface area contributed by atoms with Crippen molar-refractivity contribution in [2.75, 3.05) is 10.2 Å². The summed E-state index contributed by atoms with van der Waals surface area (Å²) in [5, 5.41) is 12.8. The van der Waals surface area contributed by atoms with E-state index < -0.39 is 0 Å². The number of anilines is 1. The highest BCUT2D eigenvalue weighted by Gasteiger charge is 2.29. The van der Waals surface area contributed by atoms with Crippen molar-refractivity contribution in [1.82, 2.24) is 9.97 Å². The van der Waals surface area contributed by atoms with Crippen molar-refractivity contribution in [3.63, 3.8) is 0 Å². The first kappa shape index (κ1) is 15.9. The summed E-state index contributed by atoms with van der Waals surface area (Å²) >= 11 is 2.31. The number of alkyl halides is 1. The predicted octanol–water partition coefficient (Wildman–Crippen LogP) is 3.05. The van der Waals surface area contributed by atoms with Crippen molar-refractivity contribution in [1.29, 1.82) is 0 Å². The van der Waals surface area contributed by atoms with E-state index in [1.807, 2.05) is 13.8 Å². The lowest BCUT2D eigenvalue weighted by atomic mass is 9.80. The highest BCUT2D eigenvalue weighted by atomic mass is 127. The van der Waals surface area contributed by atoms with Crippen LogP contribution < -0.4 is 5.73 Å². The average molecular weight is 398 g/mol. The van der Waals surface area contributed by atoms with Gasteiger partial charge in [-0.15, -0.1) is 0 Å². The summed E-state index contributed by atoms with van der Waals surface area (Å²) in [5.41, 5.74) is 10.1. The molecule has 1 aromatic heterocycles. The maximum atomic E-state index is 9.34. The lowest BCUT2D eigenvalue weighted by Gasteiger charge is -2.26. The van der Waals surface area contributed by atoms with Crippen LogP contribution in [0, 0.1) is 12.8 Å². The molecule has 3 N–H and O–H groups in total. The van der Waals surface area contributed by atoms with Crippen LogP contribution in [-0.2, 0) is 6.42 Å². The molecule has 0 aliphatic heterocycles. The molecule has 5 nitrogen and oxygen atoms in total. The van der Waals surface area contributed by atoms with E-state index in [4.69, 9.17) is 5.73 Å². The number of nitrogen functional groups attached to an aromatic ring is 1. The van der Waals surface area contributed by atoms with Crippen LogP contribution in [0.4, 0.5) is 5.95 Å². The molecule has 2 rings (SSSR count). The van der Waals surface area contributed by atoms with Crippen LogP contribution in [0.5, 0.6) is 0 Å². The van der Waals surface area contributed by atoms with E-state index in [0.29, 0.717) is 12.1 Å². The molecule has 1 aliphatic carbocycles. The number of nitrogens with zero attached hydrogens (tertiary/aromatic N) is 3. The first-order valence-electron chi connectivity index (χ1n) is 6.83. The highest BCUT2D eigenvalue weighted by Crippen LogP contribution is 2.31. The minimum atomic E-state index is 0.251. The fourth-order valence-electron chi connectivity index (χ4n) is 2.79. The van der Waals surface area contributed by atoms with Crippen LogP contribution in [0.15, 0.2) is 29.0 Å². The third kappa shape index (κ3) is 3.42. The molecule has 1 aromatic rings. The third-order valence-electron chi connectivity index (χ3n) is 3.68. The SMILES string of the molecule is C/C=C(\C=C/CI)C1C/C(=N\O)c2c(C)nc(N)nc2C1. The summed E-state index contributed by atoms with van der Waals surface area (Å²) < 4.78 is 0.966. The molecule has 0 fully saturated rings. The van der Waals surface area contributed by atoms with Gasteiger partial charge in [0.1, 0.15) is 0 Å². The molecule has 6 heteroatoms. The Morgan fingerprint density at radius 1 is 1.48 bits per heavy atom. The lowest BCUT2D eigenvalue weighted by molar-refractivity contribution is 0.316. The standard InChI is InChI=1S/C15H19IN4O/c1-3-10(5-4-6-16)11-7-12-14(13(8-11)20-21)9(2)18-15(17)19-12/h3-5,11,21H,6-8H2,1-2H3,(H2,17,18,19)/b5-4-,10-3+,20-13+.